The summed E-state index contributed by atoms with van der Waals surface area (Å²) in [5, 5.41) is 11.3. The minimum absolute atomic E-state index is 0.114. The van der Waals surface area contributed by atoms with E-state index in [0.29, 0.717) is 11.6 Å². The van der Waals surface area contributed by atoms with E-state index in [2.05, 4.69) is 20.4 Å². The van der Waals surface area contributed by atoms with Crippen LogP contribution in [0.5, 0.6) is 0 Å². The van der Waals surface area contributed by atoms with Gasteiger partial charge in [-0.1, -0.05) is 0 Å². The van der Waals surface area contributed by atoms with Crippen molar-refractivity contribution in [2.45, 2.75) is 32.7 Å². The molecule has 150 valence electrons. The molecular weight excluding hydrogens is 417 g/mol. The van der Waals surface area contributed by atoms with Crippen molar-refractivity contribution in [3.63, 3.8) is 0 Å². The van der Waals surface area contributed by atoms with Gasteiger partial charge in [-0.3, -0.25) is 0 Å². The molecule has 2 N–H and O–H groups in total. The number of carbonyl (C=O) groups is 2. The molecule has 3 saturated heterocycles. The standard InChI is InChI=1S/C20H28AsN5O2/c1-3-26(4-2)20(28)21-14-5-6-16-15(11-14)18(24-23-16)19(27)22-17-12-25-9-7-13(17)8-10-25/h5-6,11,13,17,21H,3-4,7-10,12H2,1-2H3,(H,22,27)(H,23,24)/t17-/m1/s1. The maximum absolute atomic E-state index is 12.9. The Bertz CT molecular complexity index is 871. The fourth-order valence-corrected chi connectivity index (χ4v) is 6.66. The Morgan fingerprint density at radius 2 is 2.04 bits per heavy atom. The third-order valence-electron chi connectivity index (χ3n) is 6.05. The fourth-order valence-electron chi connectivity index (χ4n) is 4.34. The second kappa shape index (κ2) is 8.26. The summed E-state index contributed by atoms with van der Waals surface area (Å²) in [6.45, 7) is 8.72. The van der Waals surface area contributed by atoms with Crippen molar-refractivity contribution in [2.75, 3.05) is 32.7 Å². The van der Waals surface area contributed by atoms with Crippen molar-refractivity contribution >= 4 is 41.6 Å². The zero-order valence-corrected chi connectivity index (χ0v) is 18.6. The molecule has 0 spiro atoms. The van der Waals surface area contributed by atoms with Crippen molar-refractivity contribution in [1.29, 1.82) is 0 Å². The van der Waals surface area contributed by atoms with Gasteiger partial charge < -0.3 is 0 Å². The number of hydrogen-bond acceptors (Lipinski definition) is 4. The number of hydrogen-bond donors (Lipinski definition) is 2. The molecule has 7 nitrogen and oxygen atoms in total. The summed E-state index contributed by atoms with van der Waals surface area (Å²) in [6, 6.07) is 6.10. The van der Waals surface area contributed by atoms with Crippen molar-refractivity contribution in [2.24, 2.45) is 5.92 Å². The molecule has 2 atom stereocenters. The first-order chi connectivity index (χ1) is 13.6. The quantitative estimate of drug-likeness (QED) is 0.648. The fraction of sp³-hybridized carbons (Fsp3) is 0.550. The Hall–Kier alpha value is -1.85. The molecule has 3 aliphatic rings. The molecule has 1 aromatic heterocycles. The van der Waals surface area contributed by atoms with E-state index in [1.54, 1.807) is 0 Å². The van der Waals surface area contributed by atoms with Gasteiger partial charge in [-0.25, -0.2) is 0 Å². The molecule has 1 unspecified atom stereocenters. The van der Waals surface area contributed by atoms with E-state index in [9.17, 15) is 9.59 Å². The van der Waals surface area contributed by atoms with Crippen LogP contribution in [0.4, 0.5) is 4.79 Å². The Kier molecular flexibility index (Phi) is 5.74. The topological polar surface area (TPSA) is 81.3 Å². The van der Waals surface area contributed by atoms with E-state index < -0.39 is 15.8 Å². The normalized spacial score (nSPS) is 24.1. The van der Waals surface area contributed by atoms with Crippen LogP contribution in [0.3, 0.4) is 0 Å². The van der Waals surface area contributed by atoms with E-state index in [1.807, 2.05) is 36.9 Å². The van der Waals surface area contributed by atoms with Gasteiger partial charge in [-0.05, 0) is 0 Å². The third-order valence-corrected chi connectivity index (χ3v) is 8.42. The summed E-state index contributed by atoms with van der Waals surface area (Å²) < 4.78 is 1.26. The van der Waals surface area contributed by atoms with Gasteiger partial charge in [0.15, 0.2) is 0 Å². The van der Waals surface area contributed by atoms with E-state index in [4.69, 9.17) is 0 Å². The van der Waals surface area contributed by atoms with E-state index in [0.717, 1.165) is 60.8 Å². The first-order valence-electron chi connectivity index (χ1n) is 10.2. The number of rotatable bonds is 6. The molecule has 0 aliphatic carbocycles. The molecule has 4 heterocycles. The van der Waals surface area contributed by atoms with Gasteiger partial charge in [-0.15, -0.1) is 0 Å². The van der Waals surface area contributed by atoms with Gasteiger partial charge >= 0.3 is 172 Å². The molecule has 2 bridgehead atoms. The summed E-state index contributed by atoms with van der Waals surface area (Å²) in [5.74, 6) is 0.463. The molecule has 8 heteroatoms. The number of amides is 2. The Morgan fingerprint density at radius 3 is 2.68 bits per heavy atom. The van der Waals surface area contributed by atoms with Crippen molar-refractivity contribution in [1.82, 2.24) is 25.3 Å². The summed E-state index contributed by atoms with van der Waals surface area (Å²) in [7, 11) is 0. The van der Waals surface area contributed by atoms with Crippen LogP contribution < -0.4 is 9.67 Å². The van der Waals surface area contributed by atoms with Crippen LogP contribution >= 0.6 is 0 Å². The molecule has 2 amide bonds. The molecule has 2 aromatic rings. The van der Waals surface area contributed by atoms with Crippen LogP contribution in [0, 0.1) is 5.92 Å². The number of piperidine rings is 3. The van der Waals surface area contributed by atoms with Crippen LogP contribution in [0.2, 0.25) is 0 Å². The van der Waals surface area contributed by atoms with Crippen LogP contribution in [0.15, 0.2) is 18.2 Å². The second-order valence-corrected chi connectivity index (χ2v) is 10.3. The van der Waals surface area contributed by atoms with Gasteiger partial charge in [0.2, 0.25) is 0 Å². The summed E-state index contributed by atoms with van der Waals surface area (Å²) >= 11 is -0.946. The summed E-state index contributed by atoms with van der Waals surface area (Å²) in [4.78, 5) is 29.7. The number of H-pyrrole nitrogens is 1. The second-order valence-electron chi connectivity index (χ2n) is 7.65. The third kappa shape index (κ3) is 3.83. The number of nitrogens with zero attached hydrogens (tertiary/aromatic N) is 3. The van der Waals surface area contributed by atoms with E-state index >= 15 is 0 Å². The zero-order chi connectivity index (χ0) is 19.7. The van der Waals surface area contributed by atoms with Gasteiger partial charge in [0.25, 0.3) is 0 Å². The number of fused-ring (bicyclic) bond motifs is 4. The van der Waals surface area contributed by atoms with Gasteiger partial charge in [0.1, 0.15) is 0 Å². The first-order valence-corrected chi connectivity index (χ1v) is 12.3. The molecule has 0 saturated carbocycles. The summed E-state index contributed by atoms with van der Waals surface area (Å²) in [6.07, 6.45) is 2.32. The molecule has 28 heavy (non-hydrogen) atoms. The number of aromatic amines is 1. The van der Waals surface area contributed by atoms with Crippen LogP contribution in [0.1, 0.15) is 37.2 Å². The molecular formula is C20H28AsN5O2. The van der Waals surface area contributed by atoms with Crippen molar-refractivity contribution in [3.05, 3.63) is 23.9 Å². The van der Waals surface area contributed by atoms with Gasteiger partial charge in [0.05, 0.1) is 0 Å². The van der Waals surface area contributed by atoms with Crippen LogP contribution in [-0.4, -0.2) is 85.1 Å². The monoisotopic (exact) mass is 445 g/mol. The zero-order valence-electron chi connectivity index (χ0n) is 16.5. The molecule has 0 radical (unpaired) electrons. The molecule has 3 fully saturated rings. The van der Waals surface area contributed by atoms with Crippen LogP contribution in [-0.2, 0) is 0 Å². The number of benzene rings is 1. The van der Waals surface area contributed by atoms with Crippen molar-refractivity contribution in [3.8, 4) is 0 Å². The number of aromatic nitrogens is 2. The van der Waals surface area contributed by atoms with Gasteiger partial charge in [0, 0.05) is 0 Å². The summed E-state index contributed by atoms with van der Waals surface area (Å²) in [5.41, 5.74) is 1.28. The average Bonchev–Trinajstić information content (AvgIpc) is 3.13. The Labute approximate surface area is 171 Å². The predicted molar refractivity (Wildman–Crippen MR) is 112 cm³/mol. The van der Waals surface area contributed by atoms with Crippen molar-refractivity contribution < 1.29 is 9.59 Å². The first kappa shape index (κ1) is 19.5. The molecule has 1 aromatic carbocycles. The van der Waals surface area contributed by atoms with Gasteiger partial charge in [-0.2, -0.15) is 0 Å². The Balaban J connectivity index is 1.51. The number of carbonyl (C=O) groups excluding carboxylic acids is 2. The molecule has 3 aliphatic heterocycles. The predicted octanol–water partition coefficient (Wildman–Crippen LogP) is 0.910. The Morgan fingerprint density at radius 1 is 1.29 bits per heavy atom. The minimum atomic E-state index is -0.946. The average molecular weight is 445 g/mol. The van der Waals surface area contributed by atoms with E-state index in [1.165, 1.54) is 0 Å². The van der Waals surface area contributed by atoms with Crippen LogP contribution in [0.25, 0.3) is 10.9 Å². The SMILES string of the molecule is CCN(CC)C(=O)[AsH]c1ccc2[nH]nc(C(=O)N[C@@H]3CN4CCC3CC4)c2c1. The number of nitrogens with one attached hydrogen (secondary N) is 2. The molecule has 5 rings (SSSR count). The maximum atomic E-state index is 12.9. The van der Waals surface area contributed by atoms with E-state index in [-0.39, 0.29) is 16.6 Å².